The van der Waals surface area contributed by atoms with Crippen LogP contribution in [0.15, 0.2) is 12.1 Å². The van der Waals surface area contributed by atoms with Gasteiger partial charge in [0.15, 0.2) is 0 Å². The Bertz CT molecular complexity index is 392. The van der Waals surface area contributed by atoms with Gasteiger partial charge in [-0.3, -0.25) is 0 Å². The molecule has 1 aromatic rings. The predicted octanol–water partition coefficient (Wildman–Crippen LogP) is 2.97. The summed E-state index contributed by atoms with van der Waals surface area (Å²) in [5.74, 6) is 0.0934. The van der Waals surface area contributed by atoms with Crippen molar-refractivity contribution in [2.24, 2.45) is 0 Å². The number of phenols is 1. The van der Waals surface area contributed by atoms with Gasteiger partial charge in [0.05, 0.1) is 11.1 Å². The van der Waals surface area contributed by atoms with Crippen molar-refractivity contribution in [2.75, 3.05) is 13.2 Å². The first-order valence-corrected chi connectivity index (χ1v) is 6.41. The van der Waals surface area contributed by atoms with E-state index in [0.717, 1.165) is 26.0 Å². The Balaban J connectivity index is 1.89. The third kappa shape index (κ3) is 3.49. The maximum atomic E-state index is 9.75. The summed E-state index contributed by atoms with van der Waals surface area (Å²) in [4.78, 5) is 0. The number of phenolic OH excluding ortho intramolecular Hbond substituents is 1. The maximum absolute atomic E-state index is 9.75. The SMILES string of the molecule is Oc1c(Cl)cc(Cl)cc1CNC[C@@H]1CCCO1. The van der Waals surface area contributed by atoms with E-state index in [1.807, 2.05) is 0 Å². The van der Waals surface area contributed by atoms with E-state index in [-0.39, 0.29) is 16.9 Å². The van der Waals surface area contributed by atoms with Crippen LogP contribution in [0.25, 0.3) is 0 Å². The number of hydrogen-bond acceptors (Lipinski definition) is 3. The molecule has 2 rings (SSSR count). The van der Waals surface area contributed by atoms with Gasteiger partial charge in [-0.05, 0) is 25.0 Å². The van der Waals surface area contributed by atoms with E-state index in [2.05, 4.69) is 5.32 Å². The highest BCUT2D eigenvalue weighted by Gasteiger charge is 2.15. The van der Waals surface area contributed by atoms with E-state index < -0.39 is 0 Å². The first kappa shape index (κ1) is 13.0. The lowest BCUT2D eigenvalue weighted by atomic mass is 10.2. The zero-order valence-corrected chi connectivity index (χ0v) is 10.9. The van der Waals surface area contributed by atoms with Crippen molar-refractivity contribution < 1.29 is 9.84 Å². The van der Waals surface area contributed by atoms with Crippen LogP contribution in [-0.4, -0.2) is 24.4 Å². The van der Waals surface area contributed by atoms with Crippen molar-refractivity contribution in [1.29, 1.82) is 0 Å². The van der Waals surface area contributed by atoms with Crippen LogP contribution in [0.1, 0.15) is 18.4 Å². The van der Waals surface area contributed by atoms with E-state index in [1.54, 1.807) is 6.07 Å². The molecule has 1 aromatic carbocycles. The smallest absolute Gasteiger partial charge is 0.138 e. The molecule has 1 atom stereocenters. The Morgan fingerprint density at radius 1 is 1.41 bits per heavy atom. The number of hydrogen-bond donors (Lipinski definition) is 2. The summed E-state index contributed by atoms with van der Waals surface area (Å²) in [6.45, 7) is 2.16. The van der Waals surface area contributed by atoms with Gasteiger partial charge in [-0.25, -0.2) is 0 Å². The molecule has 1 fully saturated rings. The number of benzene rings is 1. The molecular weight excluding hydrogens is 261 g/mol. The summed E-state index contributed by atoms with van der Waals surface area (Å²) in [6.07, 6.45) is 2.50. The summed E-state index contributed by atoms with van der Waals surface area (Å²) < 4.78 is 5.49. The van der Waals surface area contributed by atoms with Gasteiger partial charge in [-0.1, -0.05) is 23.2 Å². The first-order chi connectivity index (χ1) is 8.16. The van der Waals surface area contributed by atoms with Crippen LogP contribution < -0.4 is 5.32 Å². The molecule has 0 radical (unpaired) electrons. The van der Waals surface area contributed by atoms with Gasteiger partial charge >= 0.3 is 0 Å². The standard InChI is InChI=1S/C12H15Cl2NO2/c13-9-4-8(12(16)11(14)5-9)6-15-7-10-2-1-3-17-10/h4-5,10,15-16H,1-3,6-7H2/t10-/m0/s1. The van der Waals surface area contributed by atoms with Gasteiger partial charge in [0.2, 0.25) is 0 Å². The average Bonchev–Trinajstić information content (AvgIpc) is 2.78. The van der Waals surface area contributed by atoms with Gasteiger partial charge in [0, 0.05) is 30.3 Å². The molecule has 0 unspecified atom stereocenters. The zero-order valence-electron chi connectivity index (χ0n) is 9.38. The predicted molar refractivity (Wildman–Crippen MR) is 68.8 cm³/mol. The molecule has 3 nitrogen and oxygen atoms in total. The van der Waals surface area contributed by atoms with Gasteiger partial charge in [-0.2, -0.15) is 0 Å². The van der Waals surface area contributed by atoms with Crippen molar-refractivity contribution in [1.82, 2.24) is 5.32 Å². The second-order valence-corrected chi connectivity index (χ2v) is 5.00. The topological polar surface area (TPSA) is 41.5 Å². The van der Waals surface area contributed by atoms with Crippen molar-refractivity contribution in [3.05, 3.63) is 27.7 Å². The summed E-state index contributed by atoms with van der Waals surface area (Å²) >= 11 is 11.7. The van der Waals surface area contributed by atoms with Crippen LogP contribution in [0.5, 0.6) is 5.75 Å². The van der Waals surface area contributed by atoms with Crippen molar-refractivity contribution in [2.45, 2.75) is 25.5 Å². The fourth-order valence-corrected chi connectivity index (χ4v) is 2.46. The monoisotopic (exact) mass is 275 g/mol. The van der Waals surface area contributed by atoms with E-state index in [4.69, 9.17) is 27.9 Å². The quantitative estimate of drug-likeness (QED) is 0.888. The molecule has 1 heterocycles. The number of ether oxygens (including phenoxy) is 1. The molecule has 1 aliphatic heterocycles. The van der Waals surface area contributed by atoms with Crippen LogP contribution in [0.4, 0.5) is 0 Å². The molecule has 17 heavy (non-hydrogen) atoms. The van der Waals surface area contributed by atoms with Crippen LogP contribution in [0.3, 0.4) is 0 Å². The van der Waals surface area contributed by atoms with E-state index >= 15 is 0 Å². The Hall–Kier alpha value is -0.480. The largest absolute Gasteiger partial charge is 0.506 e. The average molecular weight is 276 g/mol. The first-order valence-electron chi connectivity index (χ1n) is 5.66. The molecule has 0 spiro atoms. The van der Waals surface area contributed by atoms with E-state index in [0.29, 0.717) is 17.1 Å². The second kappa shape index (κ2) is 5.91. The molecule has 2 N–H and O–H groups in total. The number of halogens is 2. The molecule has 5 heteroatoms. The molecule has 0 amide bonds. The van der Waals surface area contributed by atoms with Gasteiger partial charge < -0.3 is 15.2 Å². The van der Waals surface area contributed by atoms with Crippen LogP contribution in [0, 0.1) is 0 Å². The Morgan fingerprint density at radius 2 is 2.24 bits per heavy atom. The summed E-state index contributed by atoms with van der Waals surface area (Å²) in [5.41, 5.74) is 0.709. The third-order valence-corrected chi connectivity index (χ3v) is 3.32. The van der Waals surface area contributed by atoms with Crippen molar-refractivity contribution in [3.8, 4) is 5.75 Å². The fourth-order valence-electron chi connectivity index (χ4n) is 1.93. The van der Waals surface area contributed by atoms with Crippen LogP contribution in [0.2, 0.25) is 10.0 Å². The molecule has 0 aliphatic carbocycles. The van der Waals surface area contributed by atoms with Crippen LogP contribution >= 0.6 is 23.2 Å². The zero-order chi connectivity index (χ0) is 12.3. The second-order valence-electron chi connectivity index (χ2n) is 4.16. The molecular formula is C12H15Cl2NO2. The summed E-state index contributed by atoms with van der Waals surface area (Å²) in [5, 5.41) is 13.8. The minimum Gasteiger partial charge on any atom is -0.506 e. The van der Waals surface area contributed by atoms with Crippen molar-refractivity contribution in [3.63, 3.8) is 0 Å². The molecule has 0 aromatic heterocycles. The van der Waals surface area contributed by atoms with Gasteiger partial charge in [0.1, 0.15) is 5.75 Å². The molecule has 1 aliphatic rings. The normalized spacial score (nSPS) is 19.8. The lowest BCUT2D eigenvalue weighted by molar-refractivity contribution is 0.110. The minimum atomic E-state index is 0.0934. The number of rotatable bonds is 4. The Morgan fingerprint density at radius 3 is 2.94 bits per heavy atom. The summed E-state index contributed by atoms with van der Waals surface area (Å²) in [7, 11) is 0. The molecule has 0 saturated carbocycles. The van der Waals surface area contributed by atoms with E-state index in [1.165, 1.54) is 6.07 Å². The van der Waals surface area contributed by atoms with Crippen LogP contribution in [-0.2, 0) is 11.3 Å². The van der Waals surface area contributed by atoms with Gasteiger partial charge in [-0.15, -0.1) is 0 Å². The van der Waals surface area contributed by atoms with Gasteiger partial charge in [0.25, 0.3) is 0 Å². The molecule has 0 bridgehead atoms. The number of nitrogens with one attached hydrogen (secondary N) is 1. The molecule has 94 valence electrons. The Labute approximate surface area is 111 Å². The van der Waals surface area contributed by atoms with Crippen molar-refractivity contribution >= 4 is 23.2 Å². The maximum Gasteiger partial charge on any atom is 0.138 e. The summed E-state index contributed by atoms with van der Waals surface area (Å²) in [6, 6.07) is 3.24. The Kier molecular flexibility index (Phi) is 4.51. The highest BCUT2D eigenvalue weighted by molar-refractivity contribution is 6.35. The highest BCUT2D eigenvalue weighted by atomic mass is 35.5. The fraction of sp³-hybridized carbons (Fsp3) is 0.500. The minimum absolute atomic E-state index is 0.0934. The highest BCUT2D eigenvalue weighted by Crippen LogP contribution is 2.30. The third-order valence-electron chi connectivity index (χ3n) is 2.82. The lowest BCUT2D eigenvalue weighted by Crippen LogP contribution is -2.25. The molecule has 1 saturated heterocycles. The number of aromatic hydroxyl groups is 1. The van der Waals surface area contributed by atoms with E-state index in [9.17, 15) is 5.11 Å². The lowest BCUT2D eigenvalue weighted by Gasteiger charge is -2.12.